The Kier molecular flexibility index (Phi) is 5.44. The number of hydrogen-bond acceptors (Lipinski definition) is 4. The Hall–Kier alpha value is -3.29. The molecular weight excluding hydrogens is 356 g/mol. The summed E-state index contributed by atoms with van der Waals surface area (Å²) in [5.74, 6) is -1.53. The minimum Gasteiger partial charge on any atom is -0.469 e. The van der Waals surface area contributed by atoms with Crippen LogP contribution >= 0.6 is 0 Å². The van der Waals surface area contributed by atoms with Crippen LogP contribution in [0.25, 0.3) is 22.5 Å². The van der Waals surface area contributed by atoms with Crippen LogP contribution in [-0.4, -0.2) is 27.6 Å². The molecule has 0 saturated heterocycles. The lowest BCUT2D eigenvalue weighted by Gasteiger charge is -2.11. The molecule has 0 atom stereocenters. The summed E-state index contributed by atoms with van der Waals surface area (Å²) in [4.78, 5) is 29.5. The highest BCUT2D eigenvalue weighted by atomic mass is 19.1. The molecule has 8 heteroatoms. The molecule has 0 saturated carbocycles. The molecule has 140 valence electrons. The van der Waals surface area contributed by atoms with E-state index >= 15 is 0 Å². The van der Waals surface area contributed by atoms with Crippen LogP contribution in [0.2, 0.25) is 0 Å². The van der Waals surface area contributed by atoms with Gasteiger partial charge in [0.15, 0.2) is 0 Å². The first kappa shape index (κ1) is 18.5. The number of nitrogens with zero attached hydrogens (tertiary/aromatic N) is 2. The van der Waals surface area contributed by atoms with Gasteiger partial charge in [-0.05, 0) is 30.7 Å². The molecule has 1 N–H and O–H groups in total. The summed E-state index contributed by atoms with van der Waals surface area (Å²) < 4.78 is 34.3. The van der Waals surface area contributed by atoms with Crippen molar-refractivity contribution in [2.24, 2.45) is 0 Å². The number of ether oxygens (including phenoxy) is 1. The van der Waals surface area contributed by atoms with Crippen LogP contribution in [0, 0.1) is 11.6 Å². The predicted molar refractivity (Wildman–Crippen MR) is 94.9 cm³/mol. The number of carbonyl (C=O) groups excluding carboxylic acids is 1. The predicted octanol–water partition coefficient (Wildman–Crippen LogP) is 3.14. The minimum atomic E-state index is -0.609. The highest BCUT2D eigenvalue weighted by Crippen LogP contribution is 2.32. The molecule has 0 aliphatic rings. The molecule has 0 fully saturated rings. The van der Waals surface area contributed by atoms with Crippen molar-refractivity contribution in [1.82, 2.24) is 14.5 Å². The first-order chi connectivity index (χ1) is 13.0. The van der Waals surface area contributed by atoms with Crippen molar-refractivity contribution < 1.29 is 18.3 Å². The number of hydrogen-bond donors (Lipinski definition) is 1. The molecule has 2 aromatic heterocycles. The Morgan fingerprint density at radius 3 is 2.78 bits per heavy atom. The normalized spacial score (nSPS) is 10.8. The third-order valence-electron chi connectivity index (χ3n) is 4.09. The molecule has 0 aliphatic carbocycles. The number of benzene rings is 1. The number of aromatic nitrogens is 3. The van der Waals surface area contributed by atoms with Gasteiger partial charge in [0, 0.05) is 36.4 Å². The molecule has 0 aliphatic heterocycles. The van der Waals surface area contributed by atoms with Crippen molar-refractivity contribution in [3.05, 3.63) is 64.8 Å². The maximum absolute atomic E-state index is 14.3. The van der Waals surface area contributed by atoms with Gasteiger partial charge in [0.25, 0.3) is 0 Å². The van der Waals surface area contributed by atoms with Crippen LogP contribution in [-0.2, 0) is 16.1 Å². The lowest BCUT2D eigenvalue weighted by molar-refractivity contribution is -0.140. The summed E-state index contributed by atoms with van der Waals surface area (Å²) in [5.41, 5.74) is 1.08. The monoisotopic (exact) mass is 373 g/mol. The van der Waals surface area contributed by atoms with Crippen molar-refractivity contribution in [3.63, 3.8) is 0 Å². The largest absolute Gasteiger partial charge is 0.469 e. The number of H-pyrrole nitrogens is 1. The summed E-state index contributed by atoms with van der Waals surface area (Å²) in [7, 11) is 1.32. The highest BCUT2D eigenvalue weighted by molar-refractivity contribution is 5.78. The van der Waals surface area contributed by atoms with Gasteiger partial charge in [0.2, 0.25) is 5.56 Å². The molecule has 0 spiro atoms. The summed E-state index contributed by atoms with van der Waals surface area (Å²) in [6.07, 6.45) is 3.67. The molecular formula is C19H17F2N3O3. The van der Waals surface area contributed by atoms with E-state index in [2.05, 4.69) is 14.7 Å². The van der Waals surface area contributed by atoms with Crippen molar-refractivity contribution in [2.45, 2.75) is 19.4 Å². The standard InChI is InChI=1S/C19H17F2N3O3/c1-27-17(26)3-2-8-24-11-23-18(14-9-13(20)5-6-15(14)21)19(24)12-4-7-16(25)22-10-12/h4-7,9-11H,2-3,8H2,1H3,(H,22,25). The lowest BCUT2D eigenvalue weighted by Crippen LogP contribution is -2.06. The van der Waals surface area contributed by atoms with Gasteiger partial charge in [-0.1, -0.05) is 0 Å². The van der Waals surface area contributed by atoms with E-state index in [0.29, 0.717) is 24.2 Å². The molecule has 3 aromatic rings. The molecule has 0 radical (unpaired) electrons. The smallest absolute Gasteiger partial charge is 0.305 e. The van der Waals surface area contributed by atoms with E-state index in [4.69, 9.17) is 0 Å². The Bertz CT molecular complexity index is 1010. The van der Waals surface area contributed by atoms with Crippen LogP contribution in [0.3, 0.4) is 0 Å². The third kappa shape index (κ3) is 4.11. The number of rotatable bonds is 6. The number of aryl methyl sites for hydroxylation is 1. The second-order valence-corrected chi connectivity index (χ2v) is 5.88. The number of halogens is 2. The number of nitrogens with one attached hydrogen (secondary N) is 1. The van der Waals surface area contributed by atoms with Gasteiger partial charge >= 0.3 is 5.97 Å². The molecule has 1 aromatic carbocycles. The van der Waals surface area contributed by atoms with Gasteiger partial charge < -0.3 is 14.3 Å². The van der Waals surface area contributed by atoms with Crippen molar-refractivity contribution in [3.8, 4) is 22.5 Å². The zero-order valence-electron chi connectivity index (χ0n) is 14.5. The summed E-state index contributed by atoms with van der Waals surface area (Å²) in [6, 6.07) is 6.06. The zero-order chi connectivity index (χ0) is 19.4. The average molecular weight is 373 g/mol. The van der Waals surface area contributed by atoms with Gasteiger partial charge in [-0.2, -0.15) is 0 Å². The number of esters is 1. The number of imidazole rings is 1. The summed E-state index contributed by atoms with van der Waals surface area (Å²) >= 11 is 0. The van der Waals surface area contributed by atoms with E-state index in [9.17, 15) is 18.4 Å². The second kappa shape index (κ2) is 7.94. The Morgan fingerprint density at radius 1 is 1.26 bits per heavy atom. The number of methoxy groups -OCH3 is 1. The minimum absolute atomic E-state index is 0.0166. The van der Waals surface area contributed by atoms with Gasteiger partial charge in [-0.15, -0.1) is 0 Å². The van der Waals surface area contributed by atoms with E-state index in [1.54, 1.807) is 10.6 Å². The fourth-order valence-electron chi connectivity index (χ4n) is 2.78. The van der Waals surface area contributed by atoms with Crippen LogP contribution in [0.15, 0.2) is 47.7 Å². The van der Waals surface area contributed by atoms with Crippen molar-refractivity contribution in [2.75, 3.05) is 7.11 Å². The van der Waals surface area contributed by atoms with E-state index in [-0.39, 0.29) is 29.2 Å². The molecule has 0 unspecified atom stereocenters. The summed E-state index contributed by atoms with van der Waals surface area (Å²) in [5, 5.41) is 0. The number of carbonyl (C=O) groups is 1. The molecule has 0 bridgehead atoms. The van der Waals surface area contributed by atoms with Crippen LogP contribution in [0.4, 0.5) is 8.78 Å². The van der Waals surface area contributed by atoms with E-state index in [1.165, 1.54) is 25.7 Å². The zero-order valence-corrected chi connectivity index (χ0v) is 14.5. The highest BCUT2D eigenvalue weighted by Gasteiger charge is 2.19. The van der Waals surface area contributed by atoms with Gasteiger partial charge in [0.1, 0.15) is 11.6 Å². The molecule has 0 amide bonds. The quantitative estimate of drug-likeness (QED) is 0.674. The number of pyridine rings is 1. The molecule has 27 heavy (non-hydrogen) atoms. The molecule has 3 rings (SSSR count). The van der Waals surface area contributed by atoms with Crippen LogP contribution < -0.4 is 5.56 Å². The first-order valence-electron chi connectivity index (χ1n) is 8.26. The molecule has 2 heterocycles. The Labute approximate surface area is 153 Å². The average Bonchev–Trinajstić information content (AvgIpc) is 3.07. The second-order valence-electron chi connectivity index (χ2n) is 5.88. The Morgan fingerprint density at radius 2 is 2.07 bits per heavy atom. The number of aromatic amines is 1. The first-order valence-corrected chi connectivity index (χ1v) is 8.26. The van der Waals surface area contributed by atoms with Crippen LogP contribution in [0.5, 0.6) is 0 Å². The van der Waals surface area contributed by atoms with Gasteiger partial charge in [0.05, 0.1) is 24.8 Å². The summed E-state index contributed by atoms with van der Waals surface area (Å²) in [6.45, 7) is 0.410. The maximum atomic E-state index is 14.3. The van der Waals surface area contributed by atoms with Crippen molar-refractivity contribution in [1.29, 1.82) is 0 Å². The Balaban J connectivity index is 2.05. The molecule has 6 nitrogen and oxygen atoms in total. The van der Waals surface area contributed by atoms with E-state index < -0.39 is 11.6 Å². The maximum Gasteiger partial charge on any atom is 0.305 e. The fraction of sp³-hybridized carbons (Fsp3) is 0.211. The SMILES string of the molecule is COC(=O)CCCn1cnc(-c2cc(F)ccc2F)c1-c1ccc(=O)[nH]c1. The third-order valence-corrected chi connectivity index (χ3v) is 4.09. The van der Waals surface area contributed by atoms with Gasteiger partial charge in [-0.25, -0.2) is 13.8 Å². The van der Waals surface area contributed by atoms with E-state index in [0.717, 1.165) is 18.2 Å². The van der Waals surface area contributed by atoms with Crippen molar-refractivity contribution >= 4 is 5.97 Å². The van der Waals surface area contributed by atoms with Crippen LogP contribution in [0.1, 0.15) is 12.8 Å². The fourth-order valence-corrected chi connectivity index (χ4v) is 2.78. The van der Waals surface area contributed by atoms with E-state index in [1.807, 2.05) is 0 Å². The lowest BCUT2D eigenvalue weighted by atomic mass is 10.1. The van der Waals surface area contributed by atoms with Gasteiger partial charge in [-0.3, -0.25) is 9.59 Å². The topological polar surface area (TPSA) is 77.0 Å².